The third kappa shape index (κ3) is 6.03. The molecule has 5 aliphatic carbocycles. The second-order valence-corrected chi connectivity index (χ2v) is 17.7. The molecule has 0 N–H and O–H groups in total. The third-order valence-corrected chi connectivity index (χ3v) is 15.5. The van der Waals surface area contributed by atoms with E-state index in [4.69, 9.17) is 18.9 Å². The van der Waals surface area contributed by atoms with Crippen molar-refractivity contribution in [2.45, 2.75) is 138 Å². The van der Waals surface area contributed by atoms with E-state index in [-0.39, 0.29) is 82.7 Å². The summed E-state index contributed by atoms with van der Waals surface area (Å²) in [5.41, 5.74) is 1.53. The van der Waals surface area contributed by atoms with E-state index in [1.165, 1.54) is 32.6 Å². The molecule has 0 aromatic rings. The minimum Gasteiger partial charge on any atom is -0.469 e. The van der Waals surface area contributed by atoms with Crippen LogP contribution in [0.15, 0.2) is 12.2 Å². The Balaban J connectivity index is 1.36. The zero-order chi connectivity index (χ0) is 35.3. The normalized spacial score (nSPS) is 41.0. The Hall–Kier alpha value is -2.38. The fraction of sp³-hybridized carbons (Fsp3) is 0.850. The summed E-state index contributed by atoms with van der Waals surface area (Å²) in [7, 11) is 2.68. The van der Waals surface area contributed by atoms with Crippen molar-refractivity contribution in [3.8, 4) is 0 Å². The van der Waals surface area contributed by atoms with E-state index in [0.29, 0.717) is 36.2 Å². The van der Waals surface area contributed by atoms with Crippen LogP contribution in [0.1, 0.15) is 131 Å². The summed E-state index contributed by atoms with van der Waals surface area (Å²) in [5, 5.41) is 0. The third-order valence-electron chi connectivity index (χ3n) is 15.5. The SMILES string of the molecule is C=C(C)[C@@H]1CC[C@]2(COC(=O)CCC(=O)OC)CC[C@]3(C)[C@H](CC[C@@H]4[C@@]5(C)CC[C@H](OC(=O)CCC(=O)OC)C(C)(C)[C@@H]5CC[C@]43C)[C@@H]12. The Kier molecular flexibility index (Phi) is 10.3. The molecule has 8 heteroatoms. The van der Waals surface area contributed by atoms with Crippen LogP contribution in [0.3, 0.4) is 0 Å². The number of carbonyl (C=O) groups is 4. The predicted octanol–water partition coefficient (Wildman–Crippen LogP) is 8.01. The van der Waals surface area contributed by atoms with Gasteiger partial charge in [-0.25, -0.2) is 0 Å². The molecule has 48 heavy (non-hydrogen) atoms. The zero-order valence-electron chi connectivity index (χ0n) is 31.0. The Morgan fingerprint density at radius 1 is 0.667 bits per heavy atom. The highest BCUT2D eigenvalue weighted by Crippen LogP contribution is 2.77. The molecule has 0 heterocycles. The van der Waals surface area contributed by atoms with Gasteiger partial charge in [-0.1, -0.05) is 46.8 Å². The average molecular weight is 671 g/mol. The molecule has 0 aromatic heterocycles. The van der Waals surface area contributed by atoms with Crippen LogP contribution in [0.4, 0.5) is 0 Å². The number of allylic oxidation sites excluding steroid dienone is 1. The first kappa shape index (κ1) is 36.9. The molecular formula is C40H62O8. The van der Waals surface area contributed by atoms with Gasteiger partial charge in [0.25, 0.3) is 0 Å². The number of esters is 4. The highest BCUT2D eigenvalue weighted by atomic mass is 16.5. The van der Waals surface area contributed by atoms with E-state index in [1.807, 2.05) is 0 Å². The maximum Gasteiger partial charge on any atom is 0.306 e. The maximum absolute atomic E-state index is 12.8. The van der Waals surface area contributed by atoms with Gasteiger partial charge in [-0.05, 0) is 117 Å². The molecule has 0 aliphatic heterocycles. The van der Waals surface area contributed by atoms with Crippen molar-refractivity contribution < 1.29 is 38.1 Å². The molecule has 0 spiro atoms. The van der Waals surface area contributed by atoms with Crippen LogP contribution in [-0.2, 0) is 38.1 Å². The molecule has 0 unspecified atom stereocenters. The molecular weight excluding hydrogens is 608 g/mol. The summed E-state index contributed by atoms with van der Waals surface area (Å²) in [6, 6.07) is 0. The monoisotopic (exact) mass is 670 g/mol. The minimum atomic E-state index is -0.387. The smallest absolute Gasteiger partial charge is 0.306 e. The summed E-state index contributed by atoms with van der Waals surface area (Å²) in [6.45, 7) is 19.5. The first-order chi connectivity index (χ1) is 22.5. The molecule has 8 nitrogen and oxygen atoms in total. The van der Waals surface area contributed by atoms with Crippen molar-refractivity contribution in [3.05, 3.63) is 12.2 Å². The molecule has 0 saturated heterocycles. The molecule has 5 fully saturated rings. The van der Waals surface area contributed by atoms with Crippen LogP contribution in [0.5, 0.6) is 0 Å². The second kappa shape index (κ2) is 13.4. The fourth-order valence-corrected chi connectivity index (χ4v) is 12.8. The van der Waals surface area contributed by atoms with Crippen LogP contribution in [0.25, 0.3) is 0 Å². The number of rotatable bonds is 10. The molecule has 10 atom stereocenters. The molecule has 5 aliphatic rings. The van der Waals surface area contributed by atoms with Crippen molar-refractivity contribution in [2.75, 3.05) is 20.8 Å². The molecule has 0 aromatic carbocycles. The fourth-order valence-electron chi connectivity index (χ4n) is 12.8. The maximum atomic E-state index is 12.8. The van der Waals surface area contributed by atoms with E-state index in [9.17, 15) is 19.2 Å². The molecule has 0 bridgehead atoms. The molecule has 5 saturated carbocycles. The van der Waals surface area contributed by atoms with Gasteiger partial charge in [0.2, 0.25) is 0 Å². The Morgan fingerprint density at radius 3 is 1.92 bits per heavy atom. The van der Waals surface area contributed by atoms with Gasteiger partial charge in [0, 0.05) is 10.8 Å². The van der Waals surface area contributed by atoms with Gasteiger partial charge in [0.15, 0.2) is 0 Å². The second-order valence-electron chi connectivity index (χ2n) is 17.7. The Bertz CT molecular complexity index is 1290. The molecule has 0 radical (unpaired) electrons. The number of ether oxygens (including phenoxy) is 4. The number of fused-ring (bicyclic) bond motifs is 7. The highest BCUT2D eigenvalue weighted by molar-refractivity contribution is 5.78. The lowest BCUT2D eigenvalue weighted by Gasteiger charge is -2.73. The number of hydrogen-bond donors (Lipinski definition) is 0. The zero-order valence-corrected chi connectivity index (χ0v) is 31.0. The van der Waals surface area contributed by atoms with Crippen LogP contribution in [-0.4, -0.2) is 50.8 Å². The lowest BCUT2D eigenvalue weighted by Crippen LogP contribution is -2.67. The van der Waals surface area contributed by atoms with E-state index < -0.39 is 0 Å². The van der Waals surface area contributed by atoms with Crippen molar-refractivity contribution in [1.82, 2.24) is 0 Å². The summed E-state index contributed by atoms with van der Waals surface area (Å²) < 4.78 is 21.6. The quantitative estimate of drug-likeness (QED) is 0.131. The van der Waals surface area contributed by atoms with Gasteiger partial charge in [-0.15, -0.1) is 0 Å². The molecule has 270 valence electrons. The lowest BCUT2D eigenvalue weighted by molar-refractivity contribution is -0.252. The largest absolute Gasteiger partial charge is 0.469 e. The Morgan fingerprint density at radius 2 is 1.29 bits per heavy atom. The van der Waals surface area contributed by atoms with Crippen molar-refractivity contribution in [2.24, 2.45) is 56.7 Å². The van der Waals surface area contributed by atoms with Gasteiger partial charge in [0.05, 0.1) is 46.5 Å². The summed E-state index contributed by atoms with van der Waals surface area (Å²) in [5.74, 6) is 1.02. The first-order valence-corrected chi connectivity index (χ1v) is 18.6. The lowest BCUT2D eigenvalue weighted by atomic mass is 9.32. The summed E-state index contributed by atoms with van der Waals surface area (Å²) >= 11 is 0. The van der Waals surface area contributed by atoms with Crippen LogP contribution >= 0.6 is 0 Å². The van der Waals surface area contributed by atoms with Gasteiger partial charge >= 0.3 is 23.9 Å². The van der Waals surface area contributed by atoms with Crippen molar-refractivity contribution >= 4 is 23.9 Å². The number of carbonyl (C=O) groups excluding carboxylic acids is 4. The number of hydrogen-bond acceptors (Lipinski definition) is 8. The summed E-state index contributed by atoms with van der Waals surface area (Å²) in [4.78, 5) is 48.9. The van der Waals surface area contributed by atoms with Crippen LogP contribution < -0.4 is 0 Å². The average Bonchev–Trinajstić information content (AvgIpc) is 3.43. The van der Waals surface area contributed by atoms with Gasteiger partial charge in [-0.2, -0.15) is 0 Å². The van der Waals surface area contributed by atoms with Crippen molar-refractivity contribution in [1.29, 1.82) is 0 Å². The predicted molar refractivity (Wildman–Crippen MR) is 182 cm³/mol. The highest BCUT2D eigenvalue weighted by Gasteiger charge is 2.71. The van der Waals surface area contributed by atoms with Gasteiger partial charge in [-0.3, -0.25) is 19.2 Å². The summed E-state index contributed by atoms with van der Waals surface area (Å²) in [6.07, 6.45) is 10.9. The molecule has 0 amide bonds. The standard InChI is InChI=1S/C40H62O8/c1-25(2)26-16-21-40(24-47-33(43)14-12-31(41)45-8)23-22-38(6)27(35(26)40)10-11-29-37(5)19-18-30(48-34(44)15-13-32(42)46-9)36(3,4)28(37)17-20-39(29,38)7/h26-30,35H,1,10-24H2,2-9H3/t26-,27+,28-,29+,30-,35+,37-,38+,39+,40+/m0/s1. The van der Waals surface area contributed by atoms with E-state index in [0.717, 1.165) is 51.4 Å². The van der Waals surface area contributed by atoms with Crippen LogP contribution in [0, 0.1) is 56.7 Å². The molecule has 5 rings (SSSR count). The van der Waals surface area contributed by atoms with Gasteiger partial charge < -0.3 is 18.9 Å². The Labute approximate surface area is 288 Å². The van der Waals surface area contributed by atoms with Gasteiger partial charge in [0.1, 0.15) is 6.10 Å². The number of methoxy groups -OCH3 is 2. The van der Waals surface area contributed by atoms with E-state index in [1.54, 1.807) is 0 Å². The minimum absolute atomic E-state index is 0.0448. The van der Waals surface area contributed by atoms with Crippen LogP contribution in [0.2, 0.25) is 0 Å². The van der Waals surface area contributed by atoms with Crippen molar-refractivity contribution in [3.63, 3.8) is 0 Å². The topological polar surface area (TPSA) is 105 Å². The first-order valence-electron chi connectivity index (χ1n) is 18.6. The van der Waals surface area contributed by atoms with E-state index >= 15 is 0 Å². The van der Waals surface area contributed by atoms with E-state index in [2.05, 4.69) is 48.1 Å².